The molecule has 0 aromatic rings. The van der Waals surface area contributed by atoms with Gasteiger partial charge in [-0.1, -0.05) is 0 Å². The van der Waals surface area contributed by atoms with Gasteiger partial charge in [0.05, 0.1) is 12.3 Å². The van der Waals surface area contributed by atoms with Crippen LogP contribution in [0.5, 0.6) is 0 Å². The minimum absolute atomic E-state index is 0.0197. The summed E-state index contributed by atoms with van der Waals surface area (Å²) in [5.41, 5.74) is -0.922. The van der Waals surface area contributed by atoms with Crippen LogP contribution in [-0.2, 0) is 18.9 Å². The van der Waals surface area contributed by atoms with Crippen molar-refractivity contribution < 1.29 is 28.7 Å². The second-order valence-corrected chi connectivity index (χ2v) is 5.97. The lowest BCUT2D eigenvalue weighted by molar-refractivity contribution is -0.159. The summed E-state index contributed by atoms with van der Waals surface area (Å²) in [6.45, 7) is 1.48. The van der Waals surface area contributed by atoms with Crippen LogP contribution in [0.4, 0.5) is 0 Å². The van der Waals surface area contributed by atoms with Crippen LogP contribution in [-0.4, -0.2) is 45.0 Å². The van der Waals surface area contributed by atoms with Gasteiger partial charge in [-0.2, -0.15) is 0 Å². The maximum absolute atomic E-state index is 11.5. The minimum atomic E-state index is -4.25. The van der Waals surface area contributed by atoms with E-state index in [4.69, 9.17) is 9.79 Å². The zero-order chi connectivity index (χ0) is 13.9. The Labute approximate surface area is 104 Å². The van der Waals surface area contributed by atoms with E-state index in [1.165, 1.54) is 6.92 Å². The van der Waals surface area contributed by atoms with Crippen molar-refractivity contribution in [3.8, 4) is 0 Å². The number of rotatable bonds is 3. The first-order chi connectivity index (χ1) is 8.27. The molecule has 9 heteroatoms. The number of nitrogens with zero attached hydrogens (tertiary/aromatic N) is 1. The van der Waals surface area contributed by atoms with Crippen molar-refractivity contribution in [2.24, 2.45) is 0 Å². The van der Waals surface area contributed by atoms with Gasteiger partial charge in [-0.15, -0.1) is 0 Å². The second kappa shape index (κ2) is 5.79. The molecular weight excluding hydrogens is 265 g/mol. The number of hydroxylamine groups is 2. The van der Waals surface area contributed by atoms with Gasteiger partial charge in [0.1, 0.15) is 0 Å². The molecule has 1 saturated carbocycles. The van der Waals surface area contributed by atoms with Gasteiger partial charge in [-0.05, 0) is 26.2 Å². The maximum atomic E-state index is 11.5. The average molecular weight is 280 g/mol. The number of hydrogen-bond donors (Lipinski definition) is 2. The molecule has 1 rings (SSSR count). The Morgan fingerprint density at radius 1 is 1.44 bits per heavy atom. The van der Waals surface area contributed by atoms with Crippen LogP contribution in [0.3, 0.4) is 0 Å². The van der Waals surface area contributed by atoms with Crippen molar-refractivity contribution in [1.82, 2.24) is 5.06 Å². The van der Waals surface area contributed by atoms with Crippen molar-refractivity contribution in [1.29, 1.82) is 0 Å². The highest BCUT2D eigenvalue weighted by Crippen LogP contribution is 2.49. The number of amides is 1. The molecule has 2 unspecified atom stereocenters. The fraction of sp³-hybridized carbons (Fsp3) is 0.778. The molecule has 0 radical (unpaired) electrons. The van der Waals surface area contributed by atoms with E-state index >= 15 is 0 Å². The summed E-state index contributed by atoms with van der Waals surface area (Å²) in [7, 11) is -4.25. The van der Waals surface area contributed by atoms with Crippen LogP contribution in [0.25, 0.3) is 0 Å². The van der Waals surface area contributed by atoms with Crippen LogP contribution < -0.4 is 0 Å². The largest absolute Gasteiger partial charge is 0.756 e. The quantitative estimate of drug-likeness (QED) is 0.321. The van der Waals surface area contributed by atoms with Gasteiger partial charge in [0.15, 0.2) is 0 Å². The Hall–Kier alpha value is -0.950. The third-order valence-electron chi connectivity index (χ3n) is 2.83. The predicted octanol–water partition coefficient (Wildman–Crippen LogP) is -0.0253. The smallest absolute Gasteiger partial charge is 0.396 e. The first-order valence-electron chi connectivity index (χ1n) is 5.50. The Morgan fingerprint density at radius 2 is 2.06 bits per heavy atom. The van der Waals surface area contributed by atoms with E-state index in [0.717, 1.165) is 0 Å². The minimum Gasteiger partial charge on any atom is -0.756 e. The molecular formula is C9H15NO7P-. The Bertz CT molecular complexity index is 379. The first kappa shape index (κ1) is 15.1. The lowest BCUT2D eigenvalue weighted by Crippen LogP contribution is -2.39. The summed E-state index contributed by atoms with van der Waals surface area (Å²) in [6, 6.07) is -0.875. The average Bonchev–Trinajstić information content (AvgIpc) is 2.76. The summed E-state index contributed by atoms with van der Waals surface area (Å²) in [4.78, 5) is 40.3. The molecule has 0 bridgehead atoms. The topological polar surface area (TPSA) is 127 Å². The van der Waals surface area contributed by atoms with Crippen molar-refractivity contribution in [3.63, 3.8) is 0 Å². The van der Waals surface area contributed by atoms with E-state index in [1.54, 1.807) is 0 Å². The Morgan fingerprint density at radius 3 is 2.50 bits per heavy atom. The lowest BCUT2D eigenvalue weighted by atomic mass is 10.2. The van der Waals surface area contributed by atoms with Crippen LogP contribution >= 0.6 is 7.60 Å². The molecule has 2 N–H and O–H groups in total. The Balaban J connectivity index is 2.60. The molecule has 8 nitrogen and oxygen atoms in total. The van der Waals surface area contributed by atoms with E-state index in [-0.39, 0.29) is 30.9 Å². The maximum Gasteiger partial charge on any atom is 0.396 e. The lowest BCUT2D eigenvalue weighted by Gasteiger charge is -2.33. The molecule has 0 heterocycles. The number of esters is 1. The zero-order valence-electron chi connectivity index (χ0n) is 9.81. The number of ether oxygens (including phenoxy) is 1. The number of hydrogen-bond acceptors (Lipinski definition) is 5. The highest BCUT2D eigenvalue weighted by molar-refractivity contribution is 7.52. The first-order valence-corrected chi connectivity index (χ1v) is 7.18. The van der Waals surface area contributed by atoms with Gasteiger partial charge in [-0.25, -0.2) is 4.79 Å². The van der Waals surface area contributed by atoms with E-state index in [9.17, 15) is 19.4 Å². The van der Waals surface area contributed by atoms with Gasteiger partial charge < -0.3 is 24.8 Å². The van der Waals surface area contributed by atoms with Crippen LogP contribution in [0.15, 0.2) is 0 Å². The highest BCUT2D eigenvalue weighted by atomic mass is 31.2. The fourth-order valence-electron chi connectivity index (χ4n) is 1.90. The van der Waals surface area contributed by atoms with Gasteiger partial charge >= 0.3 is 19.5 Å². The SMILES string of the molecule is CCOC(=O)C(=O)N([O-])C1CCC(P(=O)(O)O)C1. The highest BCUT2D eigenvalue weighted by Gasteiger charge is 2.38. The second-order valence-electron chi connectivity index (χ2n) is 4.06. The summed E-state index contributed by atoms with van der Waals surface area (Å²) in [5, 5.41) is 11.5. The number of carbonyl (C=O) groups is 2. The van der Waals surface area contributed by atoms with Crippen LogP contribution in [0.1, 0.15) is 26.2 Å². The van der Waals surface area contributed by atoms with E-state index in [2.05, 4.69) is 4.74 Å². The standard InChI is InChI=1S/C9H15NO7P/c1-2-17-9(12)8(11)10(13)6-3-4-7(5-6)18(14,15)16/h6-7H,2-5H2,1H3,(H2,14,15,16)/q-1. The van der Waals surface area contributed by atoms with E-state index < -0.39 is 31.2 Å². The fourth-order valence-corrected chi connectivity index (χ4v) is 2.91. The molecule has 104 valence electrons. The third kappa shape index (κ3) is 3.52. The summed E-state index contributed by atoms with van der Waals surface area (Å²) >= 11 is 0. The predicted molar refractivity (Wildman–Crippen MR) is 60.3 cm³/mol. The van der Waals surface area contributed by atoms with Crippen LogP contribution in [0.2, 0.25) is 0 Å². The van der Waals surface area contributed by atoms with Crippen molar-refractivity contribution in [2.45, 2.75) is 37.9 Å². The molecule has 1 amide bonds. The van der Waals surface area contributed by atoms with Gasteiger partial charge in [0.2, 0.25) is 0 Å². The monoisotopic (exact) mass is 280 g/mol. The molecule has 0 saturated heterocycles. The van der Waals surface area contributed by atoms with Crippen LogP contribution in [0, 0.1) is 5.21 Å². The molecule has 0 aromatic carbocycles. The van der Waals surface area contributed by atoms with Gasteiger partial charge in [0, 0.05) is 6.04 Å². The van der Waals surface area contributed by atoms with Crippen molar-refractivity contribution in [3.05, 3.63) is 5.21 Å². The molecule has 0 aromatic heterocycles. The third-order valence-corrected chi connectivity index (χ3v) is 4.26. The van der Waals surface area contributed by atoms with E-state index in [0.29, 0.717) is 0 Å². The Kier molecular flexibility index (Phi) is 4.86. The normalized spacial score (nSPS) is 23.8. The molecule has 2 atom stereocenters. The molecule has 1 fully saturated rings. The summed E-state index contributed by atoms with van der Waals surface area (Å²) in [5.74, 6) is -2.57. The molecule has 0 spiro atoms. The zero-order valence-corrected chi connectivity index (χ0v) is 10.7. The van der Waals surface area contributed by atoms with Crippen molar-refractivity contribution in [2.75, 3.05) is 6.61 Å². The van der Waals surface area contributed by atoms with E-state index in [1.807, 2.05) is 0 Å². The van der Waals surface area contributed by atoms with Gasteiger partial charge in [0.25, 0.3) is 0 Å². The molecule has 0 aliphatic heterocycles. The number of carbonyl (C=O) groups excluding carboxylic acids is 2. The molecule has 1 aliphatic carbocycles. The summed E-state index contributed by atoms with van der Waals surface area (Å²) < 4.78 is 15.4. The van der Waals surface area contributed by atoms with Gasteiger partial charge in [-0.3, -0.25) is 9.36 Å². The van der Waals surface area contributed by atoms with Crippen molar-refractivity contribution >= 4 is 19.5 Å². The summed E-state index contributed by atoms with van der Waals surface area (Å²) in [6.07, 6.45) is 0.229. The molecule has 18 heavy (non-hydrogen) atoms. The molecule has 1 aliphatic rings.